The average Bonchev–Trinajstić information content (AvgIpc) is 2.95. The van der Waals surface area contributed by atoms with Crippen LogP contribution in [0.1, 0.15) is 17.1 Å². The molecule has 0 amide bonds. The van der Waals surface area contributed by atoms with E-state index in [1.165, 1.54) is 12.6 Å². The molecule has 0 aliphatic heterocycles. The lowest BCUT2D eigenvalue weighted by molar-refractivity contribution is 0.602. The normalized spacial score (nSPS) is 11.8. The van der Waals surface area contributed by atoms with Crippen LogP contribution < -0.4 is 5.32 Å². The number of thiazole rings is 1. The van der Waals surface area contributed by atoms with Gasteiger partial charge in [-0.1, -0.05) is 0 Å². The van der Waals surface area contributed by atoms with Gasteiger partial charge in [-0.25, -0.2) is 23.4 Å². The maximum atomic E-state index is 11.7. The van der Waals surface area contributed by atoms with Crippen LogP contribution in [0.25, 0.3) is 10.9 Å². The van der Waals surface area contributed by atoms with Crippen molar-refractivity contribution in [1.82, 2.24) is 15.0 Å². The molecule has 1 N–H and O–H groups in total. The highest BCUT2D eigenvalue weighted by atomic mass is 32.2. The van der Waals surface area contributed by atoms with Crippen molar-refractivity contribution in [2.45, 2.75) is 24.7 Å². The predicted molar refractivity (Wildman–Crippen MR) is 96.3 cm³/mol. The molecular formula is C16H18N4O2S2. The molecule has 2 heterocycles. The number of nitrogens with one attached hydrogen (secondary N) is 1. The van der Waals surface area contributed by atoms with Crippen LogP contribution in [0.4, 0.5) is 5.82 Å². The van der Waals surface area contributed by atoms with Crippen LogP contribution in [-0.4, -0.2) is 36.2 Å². The summed E-state index contributed by atoms with van der Waals surface area (Å²) in [7, 11) is -3.26. The number of rotatable bonds is 6. The summed E-state index contributed by atoms with van der Waals surface area (Å²) in [5, 5.41) is 7.16. The molecule has 3 aromatic rings. The first-order valence-corrected chi connectivity index (χ1v) is 10.3. The zero-order valence-corrected chi connectivity index (χ0v) is 15.1. The molecule has 126 valence electrons. The van der Waals surface area contributed by atoms with Crippen molar-refractivity contribution < 1.29 is 8.42 Å². The van der Waals surface area contributed by atoms with Crippen LogP contribution in [0.2, 0.25) is 0 Å². The Morgan fingerprint density at radius 1 is 1.25 bits per heavy atom. The molecule has 0 fully saturated rings. The highest BCUT2D eigenvalue weighted by molar-refractivity contribution is 7.90. The van der Waals surface area contributed by atoms with Gasteiger partial charge >= 0.3 is 0 Å². The minimum absolute atomic E-state index is 0.270. The van der Waals surface area contributed by atoms with E-state index in [1.807, 2.05) is 12.3 Å². The summed E-state index contributed by atoms with van der Waals surface area (Å²) in [6.07, 6.45) is 4.50. The summed E-state index contributed by atoms with van der Waals surface area (Å²) >= 11 is 1.67. The first kappa shape index (κ1) is 16.8. The van der Waals surface area contributed by atoms with Crippen LogP contribution in [0.3, 0.4) is 0 Å². The van der Waals surface area contributed by atoms with Gasteiger partial charge in [0.25, 0.3) is 0 Å². The molecule has 2 aromatic heterocycles. The van der Waals surface area contributed by atoms with Crippen LogP contribution in [0, 0.1) is 6.92 Å². The molecule has 24 heavy (non-hydrogen) atoms. The molecular weight excluding hydrogens is 344 g/mol. The fraction of sp³-hybridized carbons (Fsp3) is 0.312. The van der Waals surface area contributed by atoms with E-state index in [0.29, 0.717) is 11.2 Å². The van der Waals surface area contributed by atoms with E-state index >= 15 is 0 Å². The van der Waals surface area contributed by atoms with Crippen molar-refractivity contribution in [2.75, 3.05) is 18.1 Å². The highest BCUT2D eigenvalue weighted by Crippen LogP contribution is 2.23. The lowest BCUT2D eigenvalue weighted by Gasteiger charge is -2.09. The third-order valence-corrected chi connectivity index (χ3v) is 5.70. The Balaban J connectivity index is 1.73. The quantitative estimate of drug-likeness (QED) is 0.679. The summed E-state index contributed by atoms with van der Waals surface area (Å²) < 4.78 is 23.5. The topological polar surface area (TPSA) is 84.8 Å². The minimum Gasteiger partial charge on any atom is -0.369 e. The molecule has 0 bridgehead atoms. The fourth-order valence-electron chi connectivity index (χ4n) is 2.37. The zero-order valence-electron chi connectivity index (χ0n) is 13.5. The second-order valence-corrected chi connectivity index (χ2v) is 8.54. The van der Waals surface area contributed by atoms with E-state index in [1.54, 1.807) is 29.5 Å². The molecule has 0 aliphatic rings. The van der Waals surface area contributed by atoms with Gasteiger partial charge in [0.15, 0.2) is 9.84 Å². The predicted octanol–water partition coefficient (Wildman–Crippen LogP) is 2.84. The summed E-state index contributed by atoms with van der Waals surface area (Å²) in [5.41, 5.74) is 1.77. The Morgan fingerprint density at radius 3 is 2.79 bits per heavy atom. The lowest BCUT2D eigenvalue weighted by atomic mass is 10.2. The van der Waals surface area contributed by atoms with Gasteiger partial charge in [-0.2, -0.15) is 0 Å². The SMILES string of the molecule is Cc1csc(CCCNc2ncnc3ccc(S(C)(=O)=O)cc23)n1. The van der Waals surface area contributed by atoms with Crippen LogP contribution >= 0.6 is 11.3 Å². The zero-order chi connectivity index (χ0) is 17.2. The van der Waals surface area contributed by atoms with Crippen molar-refractivity contribution in [3.8, 4) is 0 Å². The Bertz CT molecular complexity index is 967. The molecule has 8 heteroatoms. The summed E-state index contributed by atoms with van der Waals surface area (Å²) in [6.45, 7) is 2.72. The molecule has 0 atom stereocenters. The Hall–Kier alpha value is -2.06. The van der Waals surface area contributed by atoms with Crippen LogP contribution in [-0.2, 0) is 16.3 Å². The third-order valence-electron chi connectivity index (χ3n) is 3.56. The number of hydrogen-bond donors (Lipinski definition) is 1. The van der Waals surface area contributed by atoms with Gasteiger partial charge in [0, 0.05) is 35.7 Å². The van der Waals surface area contributed by atoms with E-state index in [0.717, 1.165) is 35.6 Å². The number of aromatic nitrogens is 3. The molecule has 0 saturated carbocycles. The standard InChI is InChI=1S/C16H18N4O2S2/c1-11-9-23-15(20-11)4-3-7-17-16-13-8-12(24(2,21)22)5-6-14(13)18-10-19-16/h5-6,8-10H,3-4,7H2,1-2H3,(H,17,18,19). The van der Waals surface area contributed by atoms with E-state index < -0.39 is 9.84 Å². The molecule has 0 saturated heterocycles. The number of sulfone groups is 1. The molecule has 6 nitrogen and oxygen atoms in total. The first-order valence-electron chi connectivity index (χ1n) is 7.53. The van der Waals surface area contributed by atoms with E-state index in [9.17, 15) is 8.42 Å². The van der Waals surface area contributed by atoms with Crippen molar-refractivity contribution in [2.24, 2.45) is 0 Å². The monoisotopic (exact) mass is 362 g/mol. The maximum absolute atomic E-state index is 11.7. The number of hydrogen-bond acceptors (Lipinski definition) is 7. The minimum atomic E-state index is -3.26. The van der Waals surface area contributed by atoms with Gasteiger partial charge in [-0.15, -0.1) is 11.3 Å². The number of aryl methyl sites for hydroxylation is 2. The summed E-state index contributed by atoms with van der Waals surface area (Å²) in [4.78, 5) is 13.1. The maximum Gasteiger partial charge on any atom is 0.175 e. The average molecular weight is 362 g/mol. The largest absolute Gasteiger partial charge is 0.369 e. The first-order chi connectivity index (χ1) is 11.4. The third kappa shape index (κ3) is 3.88. The van der Waals surface area contributed by atoms with E-state index in [4.69, 9.17) is 0 Å². The molecule has 0 radical (unpaired) electrons. The number of fused-ring (bicyclic) bond motifs is 1. The van der Waals surface area contributed by atoms with Gasteiger partial charge in [0.2, 0.25) is 0 Å². The van der Waals surface area contributed by atoms with E-state index in [2.05, 4.69) is 20.3 Å². The molecule has 1 aromatic carbocycles. The smallest absolute Gasteiger partial charge is 0.175 e. The van der Waals surface area contributed by atoms with Crippen LogP contribution in [0.5, 0.6) is 0 Å². The number of anilines is 1. The molecule has 0 unspecified atom stereocenters. The summed E-state index contributed by atoms with van der Waals surface area (Å²) in [5.74, 6) is 0.654. The molecule has 0 spiro atoms. The highest BCUT2D eigenvalue weighted by Gasteiger charge is 2.11. The van der Waals surface area contributed by atoms with Crippen molar-refractivity contribution in [1.29, 1.82) is 0 Å². The lowest BCUT2D eigenvalue weighted by Crippen LogP contribution is -2.06. The van der Waals surface area contributed by atoms with Gasteiger partial charge < -0.3 is 5.32 Å². The number of benzene rings is 1. The summed E-state index contributed by atoms with van der Waals surface area (Å²) in [6, 6.07) is 4.90. The van der Waals surface area contributed by atoms with Gasteiger partial charge in [-0.3, -0.25) is 0 Å². The van der Waals surface area contributed by atoms with Gasteiger partial charge in [-0.05, 0) is 31.5 Å². The number of nitrogens with zero attached hydrogens (tertiary/aromatic N) is 3. The second-order valence-electron chi connectivity index (χ2n) is 5.59. The van der Waals surface area contributed by atoms with Crippen molar-refractivity contribution >= 4 is 37.9 Å². The second kappa shape index (κ2) is 6.82. The Morgan fingerprint density at radius 2 is 2.08 bits per heavy atom. The van der Waals surface area contributed by atoms with Gasteiger partial charge in [0.05, 0.1) is 15.4 Å². The Kier molecular flexibility index (Phi) is 4.77. The van der Waals surface area contributed by atoms with Crippen molar-refractivity contribution in [3.05, 3.63) is 40.6 Å². The Labute approximate surface area is 144 Å². The van der Waals surface area contributed by atoms with Crippen LogP contribution in [0.15, 0.2) is 34.8 Å². The fourth-order valence-corrected chi connectivity index (χ4v) is 3.84. The van der Waals surface area contributed by atoms with E-state index in [-0.39, 0.29) is 4.90 Å². The van der Waals surface area contributed by atoms with Gasteiger partial charge in [0.1, 0.15) is 12.1 Å². The van der Waals surface area contributed by atoms with Crippen molar-refractivity contribution in [3.63, 3.8) is 0 Å². The molecule has 0 aliphatic carbocycles. The molecule has 3 rings (SSSR count).